The zero-order valence-corrected chi connectivity index (χ0v) is 26.9. The highest BCUT2D eigenvalue weighted by Crippen LogP contribution is 2.33. The summed E-state index contributed by atoms with van der Waals surface area (Å²) in [4.78, 5) is 47.5. The molecule has 0 radical (unpaired) electrons. The molecule has 0 unspecified atom stereocenters. The Morgan fingerprint density at radius 3 is 2.61 bits per heavy atom. The fraction of sp³-hybridized carbons (Fsp3) is 0.559. The lowest BCUT2D eigenvalue weighted by molar-refractivity contribution is -0.126. The number of anilines is 3. The van der Waals surface area contributed by atoms with Crippen LogP contribution in [0, 0.1) is 24.6 Å². The SMILES string of the molecule is Cc1nc(-c2cnc(C(=O)Nc3cccc(F)c3N3CCC(CN)CC3)[nH]2)cc(N2C[C@@H](C(=O)NC3CCCCC3)CC[C@H]2C)n1. The molecule has 6 rings (SSSR count). The molecule has 0 spiro atoms. The van der Waals surface area contributed by atoms with Gasteiger partial charge in [0.2, 0.25) is 5.91 Å². The predicted octanol–water partition coefficient (Wildman–Crippen LogP) is 4.80. The number of carbonyl (C=O) groups is 2. The van der Waals surface area contributed by atoms with Crippen LogP contribution >= 0.6 is 0 Å². The minimum atomic E-state index is -0.475. The van der Waals surface area contributed by atoms with Gasteiger partial charge in [-0.3, -0.25) is 9.59 Å². The number of benzene rings is 1. The molecule has 2 amide bonds. The number of hydrogen-bond donors (Lipinski definition) is 4. The molecule has 3 aromatic rings. The Kier molecular flexibility index (Phi) is 9.81. The Morgan fingerprint density at radius 2 is 1.85 bits per heavy atom. The maximum atomic E-state index is 15.0. The molecule has 0 bridgehead atoms. The molecule has 2 aromatic heterocycles. The first-order chi connectivity index (χ1) is 22.3. The van der Waals surface area contributed by atoms with Crippen molar-refractivity contribution in [3.8, 4) is 11.4 Å². The molecule has 4 heterocycles. The number of H-pyrrole nitrogens is 1. The number of nitrogens with two attached hydrogens (primary N) is 1. The third kappa shape index (κ3) is 7.16. The Hall–Kier alpha value is -4.06. The number of nitrogens with one attached hydrogen (secondary N) is 3. The van der Waals surface area contributed by atoms with Gasteiger partial charge in [-0.2, -0.15) is 0 Å². The fourth-order valence-corrected chi connectivity index (χ4v) is 7.12. The lowest BCUT2D eigenvalue weighted by atomic mass is 9.91. The molecule has 3 fully saturated rings. The molecule has 1 aliphatic carbocycles. The maximum absolute atomic E-state index is 15.0. The highest BCUT2D eigenvalue weighted by molar-refractivity contribution is 6.04. The van der Waals surface area contributed by atoms with E-state index in [1.165, 1.54) is 25.3 Å². The molecular weight excluding hydrogens is 585 g/mol. The topological polar surface area (TPSA) is 145 Å². The van der Waals surface area contributed by atoms with E-state index in [-0.39, 0.29) is 35.6 Å². The summed E-state index contributed by atoms with van der Waals surface area (Å²) in [7, 11) is 0. The second-order valence-corrected chi connectivity index (χ2v) is 13.2. The number of imidazole rings is 1. The zero-order chi connectivity index (χ0) is 32.2. The zero-order valence-electron chi connectivity index (χ0n) is 26.9. The van der Waals surface area contributed by atoms with Crippen molar-refractivity contribution in [2.24, 2.45) is 17.6 Å². The molecule has 1 saturated carbocycles. The molecule has 12 heteroatoms. The van der Waals surface area contributed by atoms with Crippen LogP contribution in [0.2, 0.25) is 0 Å². The van der Waals surface area contributed by atoms with Crippen molar-refractivity contribution in [1.29, 1.82) is 0 Å². The quantitative estimate of drug-likeness (QED) is 0.278. The molecule has 2 saturated heterocycles. The lowest BCUT2D eigenvalue weighted by Gasteiger charge is -2.39. The smallest absolute Gasteiger partial charge is 0.291 e. The van der Waals surface area contributed by atoms with E-state index < -0.39 is 5.91 Å². The molecule has 5 N–H and O–H groups in total. The van der Waals surface area contributed by atoms with Crippen molar-refractivity contribution < 1.29 is 14.0 Å². The van der Waals surface area contributed by atoms with E-state index in [1.54, 1.807) is 18.3 Å². The third-order valence-corrected chi connectivity index (χ3v) is 9.89. The van der Waals surface area contributed by atoms with Gasteiger partial charge in [0.25, 0.3) is 5.91 Å². The number of halogens is 1. The summed E-state index contributed by atoms with van der Waals surface area (Å²) in [6.45, 7) is 6.55. The predicted molar refractivity (Wildman–Crippen MR) is 177 cm³/mol. The van der Waals surface area contributed by atoms with Crippen molar-refractivity contribution in [2.75, 3.05) is 41.3 Å². The van der Waals surface area contributed by atoms with Gasteiger partial charge in [-0.25, -0.2) is 19.3 Å². The summed E-state index contributed by atoms with van der Waals surface area (Å²) in [5.74, 6) is 1.03. The molecule has 11 nitrogen and oxygen atoms in total. The van der Waals surface area contributed by atoms with Crippen LogP contribution in [0.4, 0.5) is 21.6 Å². The van der Waals surface area contributed by atoms with Crippen molar-refractivity contribution in [2.45, 2.75) is 83.7 Å². The lowest BCUT2D eigenvalue weighted by Crippen LogP contribution is -2.49. The number of para-hydroxylation sites is 1. The monoisotopic (exact) mass is 631 g/mol. The van der Waals surface area contributed by atoms with E-state index in [4.69, 9.17) is 10.7 Å². The Balaban J connectivity index is 1.16. The number of aromatic nitrogens is 4. The molecular formula is C34H46FN9O2. The maximum Gasteiger partial charge on any atom is 0.291 e. The normalized spacial score (nSPS) is 21.3. The van der Waals surface area contributed by atoms with Gasteiger partial charge in [-0.1, -0.05) is 25.3 Å². The van der Waals surface area contributed by atoms with E-state index in [0.29, 0.717) is 60.7 Å². The van der Waals surface area contributed by atoms with Crippen LogP contribution in [-0.2, 0) is 4.79 Å². The molecule has 2 aliphatic heterocycles. The highest BCUT2D eigenvalue weighted by atomic mass is 19.1. The van der Waals surface area contributed by atoms with E-state index >= 15 is 4.39 Å². The summed E-state index contributed by atoms with van der Waals surface area (Å²) in [6.07, 6.45) is 10.8. The van der Waals surface area contributed by atoms with Crippen molar-refractivity contribution >= 4 is 29.0 Å². The fourth-order valence-electron chi connectivity index (χ4n) is 7.12. The Labute approximate surface area is 270 Å². The van der Waals surface area contributed by atoms with Crippen LogP contribution in [-0.4, -0.2) is 70.0 Å². The largest absolute Gasteiger partial charge is 0.367 e. The first kappa shape index (κ1) is 31.9. The number of nitrogens with zero attached hydrogens (tertiary/aromatic N) is 5. The molecule has 1 aromatic carbocycles. The molecule has 2 atom stereocenters. The van der Waals surface area contributed by atoms with Crippen LogP contribution in [0.25, 0.3) is 11.4 Å². The van der Waals surface area contributed by atoms with Crippen molar-refractivity contribution in [3.05, 3.63) is 47.9 Å². The summed E-state index contributed by atoms with van der Waals surface area (Å²) < 4.78 is 15.0. The van der Waals surface area contributed by atoms with E-state index in [1.807, 2.05) is 17.9 Å². The van der Waals surface area contributed by atoms with Gasteiger partial charge in [0, 0.05) is 37.8 Å². The van der Waals surface area contributed by atoms with Gasteiger partial charge in [-0.05, 0) is 77.0 Å². The van der Waals surface area contributed by atoms with Gasteiger partial charge in [0.05, 0.1) is 34.9 Å². The molecule has 46 heavy (non-hydrogen) atoms. The van der Waals surface area contributed by atoms with Crippen LogP contribution in [0.15, 0.2) is 30.5 Å². The summed E-state index contributed by atoms with van der Waals surface area (Å²) in [5.41, 5.74) is 7.79. The molecule has 246 valence electrons. The number of aryl methyl sites for hydroxylation is 1. The van der Waals surface area contributed by atoms with Crippen LogP contribution < -0.4 is 26.2 Å². The van der Waals surface area contributed by atoms with Gasteiger partial charge in [0.15, 0.2) is 5.82 Å². The van der Waals surface area contributed by atoms with Gasteiger partial charge >= 0.3 is 0 Å². The van der Waals surface area contributed by atoms with Crippen molar-refractivity contribution in [3.63, 3.8) is 0 Å². The number of piperidine rings is 2. The number of rotatable bonds is 8. The highest BCUT2D eigenvalue weighted by Gasteiger charge is 2.32. The number of amides is 2. The average Bonchev–Trinajstić information content (AvgIpc) is 3.56. The first-order valence-corrected chi connectivity index (χ1v) is 16.8. The summed E-state index contributed by atoms with van der Waals surface area (Å²) >= 11 is 0. The number of aromatic amines is 1. The third-order valence-electron chi connectivity index (χ3n) is 9.89. The van der Waals surface area contributed by atoms with Gasteiger partial charge in [-0.15, -0.1) is 0 Å². The van der Waals surface area contributed by atoms with E-state index in [0.717, 1.165) is 44.3 Å². The summed E-state index contributed by atoms with van der Waals surface area (Å²) in [5, 5.41) is 6.17. The number of carbonyl (C=O) groups excluding carboxylic acids is 2. The number of hydrogen-bond acceptors (Lipinski definition) is 8. The van der Waals surface area contributed by atoms with Gasteiger partial charge in [0.1, 0.15) is 17.5 Å². The minimum Gasteiger partial charge on any atom is -0.367 e. The Bertz CT molecular complexity index is 1530. The minimum absolute atomic E-state index is 0.0932. The van der Waals surface area contributed by atoms with Crippen LogP contribution in [0.5, 0.6) is 0 Å². The standard InChI is InChI=1S/C34H46FN9O2/c1-21-11-12-24(33(45)40-25-7-4-3-5-8-25)20-44(21)30-17-28(38-22(2)39-30)29-19-37-32(41-29)34(46)42-27-10-6-9-26(35)31(27)43-15-13-23(18-36)14-16-43/h6,9-10,17,19,21,23-25H,3-5,7-8,11-16,18,20,36H2,1-2H3,(H,37,41)(H,40,45)(H,42,46)/t21-,24+/m1/s1. The van der Waals surface area contributed by atoms with Crippen LogP contribution in [0.1, 0.15) is 81.2 Å². The Morgan fingerprint density at radius 1 is 1.07 bits per heavy atom. The second kappa shape index (κ2) is 14.1. The second-order valence-electron chi connectivity index (χ2n) is 13.2. The first-order valence-electron chi connectivity index (χ1n) is 16.8. The van der Waals surface area contributed by atoms with E-state index in [2.05, 4.69) is 37.4 Å². The van der Waals surface area contributed by atoms with E-state index in [9.17, 15) is 9.59 Å². The van der Waals surface area contributed by atoms with Gasteiger partial charge < -0.3 is 31.2 Å². The van der Waals surface area contributed by atoms with Crippen LogP contribution in [0.3, 0.4) is 0 Å². The van der Waals surface area contributed by atoms with Crippen molar-refractivity contribution in [1.82, 2.24) is 25.3 Å². The summed E-state index contributed by atoms with van der Waals surface area (Å²) in [6, 6.07) is 7.09. The molecule has 3 aliphatic rings. The average molecular weight is 632 g/mol.